The Hall–Kier alpha value is -1.20. The van der Waals surface area contributed by atoms with Gasteiger partial charge in [0.05, 0.1) is 18.2 Å². The van der Waals surface area contributed by atoms with E-state index in [2.05, 4.69) is 31.2 Å². The molecule has 1 heterocycles. The number of halogens is 1. The first kappa shape index (κ1) is 12.3. The van der Waals surface area contributed by atoms with Crippen LogP contribution in [0.1, 0.15) is 13.3 Å². The van der Waals surface area contributed by atoms with Gasteiger partial charge >= 0.3 is 0 Å². The largest absolute Gasteiger partial charge is 0.394 e. The van der Waals surface area contributed by atoms with Gasteiger partial charge in [0.15, 0.2) is 0 Å². The van der Waals surface area contributed by atoms with Crippen molar-refractivity contribution < 1.29 is 5.11 Å². The molecule has 0 aliphatic rings. The molecule has 0 fully saturated rings. The average Bonchev–Trinajstić information content (AvgIpc) is 2.37. The smallest absolute Gasteiger partial charge is 0.137 e. The van der Waals surface area contributed by atoms with Crippen LogP contribution in [-0.2, 0) is 0 Å². The summed E-state index contributed by atoms with van der Waals surface area (Å²) in [4.78, 5) is 8.47. The third kappa shape index (κ3) is 2.56. The number of fused-ring (bicyclic) bond motifs is 1. The fraction of sp³-hybridized carbons (Fsp3) is 0.333. The zero-order chi connectivity index (χ0) is 12.3. The number of benzene rings is 1. The van der Waals surface area contributed by atoms with E-state index >= 15 is 0 Å². The highest BCUT2D eigenvalue weighted by Gasteiger charge is 2.09. The summed E-state index contributed by atoms with van der Waals surface area (Å²) in [5, 5.41) is 13.4. The van der Waals surface area contributed by atoms with Crippen molar-refractivity contribution in [2.45, 2.75) is 19.4 Å². The number of rotatable bonds is 4. The number of anilines is 1. The van der Waals surface area contributed by atoms with Crippen LogP contribution in [0.5, 0.6) is 0 Å². The molecule has 2 N–H and O–H groups in total. The first-order valence-corrected chi connectivity index (χ1v) is 6.32. The van der Waals surface area contributed by atoms with E-state index in [9.17, 15) is 5.11 Å². The summed E-state index contributed by atoms with van der Waals surface area (Å²) in [6.45, 7) is 2.11. The first-order chi connectivity index (χ1) is 8.26. The first-order valence-electron chi connectivity index (χ1n) is 5.53. The lowest BCUT2D eigenvalue weighted by Crippen LogP contribution is -2.23. The molecule has 1 aromatic heterocycles. The number of nitrogens with one attached hydrogen (secondary N) is 1. The van der Waals surface area contributed by atoms with E-state index in [0.29, 0.717) is 0 Å². The fourth-order valence-corrected chi connectivity index (χ4v) is 2.11. The number of aliphatic hydroxyl groups excluding tert-OH is 1. The summed E-state index contributed by atoms with van der Waals surface area (Å²) in [6.07, 6.45) is 2.37. The average molecular weight is 296 g/mol. The third-order valence-corrected chi connectivity index (χ3v) is 3.31. The minimum atomic E-state index is 0.0204. The Bertz CT molecular complexity index is 514. The van der Waals surface area contributed by atoms with Crippen LogP contribution in [0.4, 0.5) is 5.82 Å². The summed E-state index contributed by atoms with van der Waals surface area (Å²) in [5.41, 5.74) is 0.873. The predicted molar refractivity (Wildman–Crippen MR) is 72.0 cm³/mol. The molecule has 0 saturated carbocycles. The summed E-state index contributed by atoms with van der Waals surface area (Å²) in [7, 11) is 0. The standard InChI is InChI=1S/C12H14BrN3O/c1-2-8(6-17)16-12-9-4-3-5-10(13)11(9)14-7-15-12/h3-5,7-8,17H,2,6H2,1H3,(H,14,15,16). The highest BCUT2D eigenvalue weighted by molar-refractivity contribution is 9.10. The molecule has 2 aromatic rings. The summed E-state index contributed by atoms with van der Waals surface area (Å²) < 4.78 is 0.942. The van der Waals surface area contributed by atoms with Gasteiger partial charge < -0.3 is 10.4 Å². The fourth-order valence-electron chi connectivity index (χ4n) is 1.64. The van der Waals surface area contributed by atoms with Crippen LogP contribution in [0.2, 0.25) is 0 Å². The second-order valence-electron chi connectivity index (χ2n) is 3.79. The van der Waals surface area contributed by atoms with Crippen molar-refractivity contribution in [1.82, 2.24) is 9.97 Å². The maximum absolute atomic E-state index is 9.20. The predicted octanol–water partition coefficient (Wildman–Crippen LogP) is 2.58. The van der Waals surface area contributed by atoms with Crippen molar-refractivity contribution in [2.75, 3.05) is 11.9 Å². The molecule has 0 spiro atoms. The van der Waals surface area contributed by atoms with Gasteiger partial charge in [-0.05, 0) is 34.5 Å². The molecule has 90 valence electrons. The molecule has 0 aliphatic carbocycles. The molecule has 5 heteroatoms. The Morgan fingerprint density at radius 3 is 2.94 bits per heavy atom. The molecule has 0 amide bonds. The zero-order valence-corrected chi connectivity index (χ0v) is 11.1. The summed E-state index contributed by atoms with van der Waals surface area (Å²) in [6, 6.07) is 5.88. The molecule has 0 radical (unpaired) electrons. The van der Waals surface area contributed by atoms with E-state index in [0.717, 1.165) is 27.6 Å². The second kappa shape index (κ2) is 5.42. The molecule has 1 aromatic carbocycles. The maximum Gasteiger partial charge on any atom is 0.137 e. The molecule has 2 rings (SSSR count). The van der Waals surface area contributed by atoms with Crippen molar-refractivity contribution >= 4 is 32.7 Å². The van der Waals surface area contributed by atoms with Crippen molar-refractivity contribution in [2.24, 2.45) is 0 Å². The monoisotopic (exact) mass is 295 g/mol. The van der Waals surface area contributed by atoms with Gasteiger partial charge in [-0.25, -0.2) is 9.97 Å². The molecule has 0 saturated heterocycles. The van der Waals surface area contributed by atoms with Gasteiger partial charge in [-0.3, -0.25) is 0 Å². The molecule has 0 aliphatic heterocycles. The van der Waals surface area contributed by atoms with E-state index in [-0.39, 0.29) is 12.6 Å². The second-order valence-corrected chi connectivity index (χ2v) is 4.64. The van der Waals surface area contributed by atoms with Gasteiger partial charge in [0, 0.05) is 9.86 Å². The Kier molecular flexibility index (Phi) is 3.91. The van der Waals surface area contributed by atoms with E-state index in [1.54, 1.807) is 0 Å². The molecule has 0 bridgehead atoms. The van der Waals surface area contributed by atoms with Crippen molar-refractivity contribution in [3.63, 3.8) is 0 Å². The quantitative estimate of drug-likeness (QED) is 0.910. The molecule has 17 heavy (non-hydrogen) atoms. The number of nitrogens with zero attached hydrogens (tertiary/aromatic N) is 2. The summed E-state index contributed by atoms with van der Waals surface area (Å²) in [5.74, 6) is 0.761. The van der Waals surface area contributed by atoms with Crippen LogP contribution in [0.25, 0.3) is 10.9 Å². The van der Waals surface area contributed by atoms with Crippen LogP contribution in [-0.4, -0.2) is 27.7 Å². The van der Waals surface area contributed by atoms with E-state index in [1.165, 1.54) is 6.33 Å². The lowest BCUT2D eigenvalue weighted by atomic mass is 10.2. The minimum absolute atomic E-state index is 0.0204. The highest BCUT2D eigenvalue weighted by Crippen LogP contribution is 2.26. The Morgan fingerprint density at radius 1 is 1.41 bits per heavy atom. The highest BCUT2D eigenvalue weighted by atomic mass is 79.9. The molecular weight excluding hydrogens is 282 g/mol. The third-order valence-electron chi connectivity index (χ3n) is 2.67. The van der Waals surface area contributed by atoms with Gasteiger partial charge in [0.1, 0.15) is 12.1 Å². The van der Waals surface area contributed by atoms with Crippen LogP contribution in [0, 0.1) is 0 Å². The van der Waals surface area contributed by atoms with Gasteiger partial charge in [0.25, 0.3) is 0 Å². The lowest BCUT2D eigenvalue weighted by molar-refractivity contribution is 0.271. The Labute approximate surface area is 108 Å². The van der Waals surface area contributed by atoms with Crippen LogP contribution >= 0.6 is 15.9 Å². The van der Waals surface area contributed by atoms with Crippen molar-refractivity contribution in [3.8, 4) is 0 Å². The number of hydrogen-bond donors (Lipinski definition) is 2. The molecule has 1 unspecified atom stereocenters. The van der Waals surface area contributed by atoms with Gasteiger partial charge in [0.2, 0.25) is 0 Å². The van der Waals surface area contributed by atoms with Gasteiger partial charge in [-0.15, -0.1) is 0 Å². The number of aliphatic hydroxyl groups is 1. The van der Waals surface area contributed by atoms with Gasteiger partial charge in [-0.1, -0.05) is 13.0 Å². The normalized spacial score (nSPS) is 12.6. The van der Waals surface area contributed by atoms with E-state index < -0.39 is 0 Å². The Balaban J connectivity index is 2.44. The van der Waals surface area contributed by atoms with E-state index in [4.69, 9.17) is 0 Å². The van der Waals surface area contributed by atoms with Crippen LogP contribution < -0.4 is 5.32 Å². The Morgan fingerprint density at radius 2 is 2.24 bits per heavy atom. The topological polar surface area (TPSA) is 58.0 Å². The molecular formula is C12H14BrN3O. The molecule has 1 atom stereocenters. The van der Waals surface area contributed by atoms with E-state index in [1.807, 2.05) is 25.1 Å². The number of aromatic nitrogens is 2. The maximum atomic E-state index is 9.20. The number of hydrogen-bond acceptors (Lipinski definition) is 4. The van der Waals surface area contributed by atoms with Crippen LogP contribution in [0.15, 0.2) is 29.0 Å². The van der Waals surface area contributed by atoms with Crippen molar-refractivity contribution in [3.05, 3.63) is 29.0 Å². The van der Waals surface area contributed by atoms with Crippen LogP contribution in [0.3, 0.4) is 0 Å². The molecule has 4 nitrogen and oxygen atoms in total. The lowest BCUT2D eigenvalue weighted by Gasteiger charge is -2.15. The summed E-state index contributed by atoms with van der Waals surface area (Å²) >= 11 is 3.46. The minimum Gasteiger partial charge on any atom is -0.394 e. The van der Waals surface area contributed by atoms with Gasteiger partial charge in [-0.2, -0.15) is 0 Å². The zero-order valence-electron chi connectivity index (χ0n) is 9.52. The SMILES string of the molecule is CCC(CO)Nc1ncnc2c(Br)cccc12. The van der Waals surface area contributed by atoms with Crippen molar-refractivity contribution in [1.29, 1.82) is 0 Å². The number of para-hydroxylation sites is 1.